The van der Waals surface area contributed by atoms with E-state index in [4.69, 9.17) is 9.47 Å². The molecule has 1 amide bonds. The van der Waals surface area contributed by atoms with Crippen LogP contribution in [0, 0.1) is 5.82 Å². The highest BCUT2D eigenvalue weighted by Gasteiger charge is 2.21. The van der Waals surface area contributed by atoms with Gasteiger partial charge >= 0.3 is 5.97 Å². The summed E-state index contributed by atoms with van der Waals surface area (Å²) in [7, 11) is 2.82. The summed E-state index contributed by atoms with van der Waals surface area (Å²) < 4.78 is 23.4. The average molecular weight is 357 g/mol. The van der Waals surface area contributed by atoms with E-state index in [1.807, 2.05) is 0 Å². The number of hydrogen-bond acceptors (Lipinski definition) is 4. The van der Waals surface area contributed by atoms with Crippen molar-refractivity contribution in [2.45, 2.75) is 12.5 Å². The molecule has 2 aromatic rings. The van der Waals surface area contributed by atoms with Crippen LogP contribution >= 0.6 is 0 Å². The third-order valence-corrected chi connectivity index (χ3v) is 3.72. The Morgan fingerprint density at radius 2 is 1.81 bits per heavy atom. The molecule has 1 atom stereocenters. The lowest BCUT2D eigenvalue weighted by molar-refractivity contribution is -0.144. The van der Waals surface area contributed by atoms with Crippen molar-refractivity contribution in [3.63, 3.8) is 0 Å². The molecule has 0 spiro atoms. The lowest BCUT2D eigenvalue weighted by Gasteiger charge is -2.15. The van der Waals surface area contributed by atoms with Crippen molar-refractivity contribution in [3.05, 3.63) is 71.6 Å². The molecule has 0 aliphatic carbocycles. The summed E-state index contributed by atoms with van der Waals surface area (Å²) in [5, 5.41) is 2.58. The van der Waals surface area contributed by atoms with Crippen LogP contribution in [0.25, 0.3) is 6.08 Å². The zero-order valence-electron chi connectivity index (χ0n) is 14.6. The van der Waals surface area contributed by atoms with Crippen LogP contribution in [0.1, 0.15) is 11.1 Å². The summed E-state index contributed by atoms with van der Waals surface area (Å²) >= 11 is 0. The van der Waals surface area contributed by atoms with E-state index >= 15 is 0 Å². The highest BCUT2D eigenvalue weighted by molar-refractivity contribution is 5.94. The van der Waals surface area contributed by atoms with Gasteiger partial charge in [-0.15, -0.1) is 0 Å². The fraction of sp³-hybridized carbons (Fsp3) is 0.200. The number of benzene rings is 2. The molecular weight excluding hydrogens is 337 g/mol. The van der Waals surface area contributed by atoms with E-state index in [0.29, 0.717) is 5.75 Å². The number of rotatable bonds is 7. The predicted molar refractivity (Wildman–Crippen MR) is 96.1 cm³/mol. The van der Waals surface area contributed by atoms with Gasteiger partial charge in [0.1, 0.15) is 17.6 Å². The number of halogens is 1. The second-order valence-corrected chi connectivity index (χ2v) is 5.49. The quantitative estimate of drug-likeness (QED) is 0.611. The minimum absolute atomic E-state index is 0.260. The molecule has 0 radical (unpaired) electrons. The number of methoxy groups -OCH3 is 2. The third-order valence-electron chi connectivity index (χ3n) is 3.72. The first-order valence-electron chi connectivity index (χ1n) is 7.97. The first kappa shape index (κ1) is 19.2. The molecule has 6 heteroatoms. The minimum Gasteiger partial charge on any atom is -0.497 e. The maximum absolute atomic E-state index is 13.6. The number of carbonyl (C=O) groups is 2. The monoisotopic (exact) mass is 357 g/mol. The lowest BCUT2D eigenvalue weighted by Crippen LogP contribution is -2.42. The minimum atomic E-state index is -0.855. The number of hydrogen-bond donors (Lipinski definition) is 1. The van der Waals surface area contributed by atoms with Gasteiger partial charge in [-0.1, -0.05) is 30.3 Å². The fourth-order valence-corrected chi connectivity index (χ4v) is 2.33. The van der Waals surface area contributed by atoms with Gasteiger partial charge in [0.2, 0.25) is 5.91 Å². The normalized spacial score (nSPS) is 11.8. The Morgan fingerprint density at radius 1 is 1.12 bits per heavy atom. The van der Waals surface area contributed by atoms with Crippen LogP contribution in [-0.2, 0) is 20.7 Å². The number of amides is 1. The Morgan fingerprint density at radius 3 is 2.42 bits per heavy atom. The van der Waals surface area contributed by atoms with Crippen LogP contribution in [0.4, 0.5) is 4.39 Å². The molecule has 0 heterocycles. The standard InChI is InChI=1S/C20H20FNO4/c1-25-16-10-7-14(8-11-16)13-18(20(24)26-2)22-19(23)12-9-15-5-3-4-6-17(15)21/h3-12,18H,13H2,1-2H3,(H,22,23)/t18-/m0/s1. The van der Waals surface area contributed by atoms with Gasteiger partial charge in [-0.3, -0.25) is 4.79 Å². The van der Waals surface area contributed by atoms with Crippen molar-refractivity contribution < 1.29 is 23.5 Å². The molecular formula is C20H20FNO4. The fourth-order valence-electron chi connectivity index (χ4n) is 2.33. The Kier molecular flexibility index (Phi) is 6.91. The molecule has 5 nitrogen and oxygen atoms in total. The van der Waals surface area contributed by atoms with E-state index in [-0.39, 0.29) is 12.0 Å². The molecule has 0 saturated carbocycles. The lowest BCUT2D eigenvalue weighted by atomic mass is 10.1. The van der Waals surface area contributed by atoms with E-state index in [1.165, 1.54) is 25.3 Å². The van der Waals surface area contributed by atoms with Crippen LogP contribution in [-0.4, -0.2) is 32.1 Å². The summed E-state index contributed by atoms with van der Waals surface area (Å²) in [6.45, 7) is 0. The molecule has 0 bridgehead atoms. The zero-order chi connectivity index (χ0) is 18.9. The maximum atomic E-state index is 13.6. The van der Waals surface area contributed by atoms with E-state index in [1.54, 1.807) is 49.6 Å². The van der Waals surface area contributed by atoms with Gasteiger partial charge in [0, 0.05) is 18.1 Å². The number of ether oxygens (including phenoxy) is 2. The van der Waals surface area contributed by atoms with Crippen LogP contribution in [0.5, 0.6) is 5.75 Å². The first-order valence-corrected chi connectivity index (χ1v) is 7.97. The molecule has 2 aromatic carbocycles. The van der Waals surface area contributed by atoms with E-state index in [9.17, 15) is 14.0 Å². The first-order chi connectivity index (χ1) is 12.5. The van der Waals surface area contributed by atoms with Crippen molar-refractivity contribution in [1.82, 2.24) is 5.32 Å². The van der Waals surface area contributed by atoms with Crippen LogP contribution in [0.15, 0.2) is 54.6 Å². The van der Waals surface area contributed by atoms with Gasteiger partial charge < -0.3 is 14.8 Å². The van der Waals surface area contributed by atoms with Crippen molar-refractivity contribution in [3.8, 4) is 5.75 Å². The molecule has 0 fully saturated rings. The molecule has 26 heavy (non-hydrogen) atoms. The van der Waals surface area contributed by atoms with Crippen LogP contribution < -0.4 is 10.1 Å². The summed E-state index contributed by atoms with van der Waals surface area (Å²) in [6, 6.07) is 12.4. The molecule has 2 rings (SSSR count). The molecule has 0 saturated heterocycles. The summed E-state index contributed by atoms with van der Waals surface area (Å²) in [4.78, 5) is 24.1. The Hall–Kier alpha value is -3.15. The zero-order valence-corrected chi connectivity index (χ0v) is 14.6. The van der Waals surface area contributed by atoms with Gasteiger partial charge in [-0.05, 0) is 29.8 Å². The number of esters is 1. The summed E-state index contributed by atoms with van der Waals surface area (Å²) in [5.74, 6) is -0.815. The summed E-state index contributed by atoms with van der Waals surface area (Å²) in [5.41, 5.74) is 1.12. The SMILES string of the molecule is COC(=O)[C@H](Cc1ccc(OC)cc1)NC(=O)C=Cc1ccccc1F. The van der Waals surface area contributed by atoms with E-state index in [0.717, 1.165) is 5.56 Å². The van der Waals surface area contributed by atoms with Crippen molar-refractivity contribution >= 4 is 18.0 Å². The van der Waals surface area contributed by atoms with Gasteiger partial charge in [-0.25, -0.2) is 9.18 Å². The van der Waals surface area contributed by atoms with Crippen molar-refractivity contribution in [1.29, 1.82) is 0 Å². The molecule has 0 aromatic heterocycles. The maximum Gasteiger partial charge on any atom is 0.328 e. The molecule has 0 aliphatic rings. The largest absolute Gasteiger partial charge is 0.497 e. The smallest absolute Gasteiger partial charge is 0.328 e. The van der Waals surface area contributed by atoms with Gasteiger partial charge in [0.05, 0.1) is 14.2 Å². The second-order valence-electron chi connectivity index (χ2n) is 5.49. The summed E-state index contributed by atoms with van der Waals surface area (Å²) in [6.07, 6.45) is 2.80. The van der Waals surface area contributed by atoms with Crippen molar-refractivity contribution in [2.75, 3.05) is 14.2 Å². The van der Waals surface area contributed by atoms with E-state index in [2.05, 4.69) is 5.32 Å². The Balaban J connectivity index is 2.05. The van der Waals surface area contributed by atoms with Gasteiger partial charge in [0.25, 0.3) is 0 Å². The Labute approximate surface area is 151 Å². The molecule has 0 aliphatic heterocycles. The third kappa shape index (κ3) is 5.44. The van der Waals surface area contributed by atoms with E-state index < -0.39 is 23.7 Å². The molecule has 0 unspecified atom stereocenters. The molecule has 1 N–H and O–H groups in total. The average Bonchev–Trinajstić information content (AvgIpc) is 2.66. The Bertz CT molecular complexity index is 787. The number of carbonyl (C=O) groups excluding carboxylic acids is 2. The van der Waals surface area contributed by atoms with Gasteiger partial charge in [-0.2, -0.15) is 0 Å². The number of nitrogens with one attached hydrogen (secondary N) is 1. The second kappa shape index (κ2) is 9.36. The highest BCUT2D eigenvalue weighted by atomic mass is 19.1. The topological polar surface area (TPSA) is 64.6 Å². The van der Waals surface area contributed by atoms with Crippen molar-refractivity contribution in [2.24, 2.45) is 0 Å². The van der Waals surface area contributed by atoms with Crippen LogP contribution in [0.2, 0.25) is 0 Å². The molecule has 136 valence electrons. The highest BCUT2D eigenvalue weighted by Crippen LogP contribution is 2.13. The predicted octanol–water partition coefficient (Wildman–Crippen LogP) is 2.75. The van der Waals surface area contributed by atoms with Crippen LogP contribution in [0.3, 0.4) is 0 Å². The van der Waals surface area contributed by atoms with Gasteiger partial charge in [0.15, 0.2) is 0 Å².